The number of aliphatic hydroxyl groups is 1. The molecule has 0 aromatic carbocycles. The van der Waals surface area contributed by atoms with E-state index < -0.39 is 0 Å². The van der Waals surface area contributed by atoms with Gasteiger partial charge < -0.3 is 52.8 Å². The van der Waals surface area contributed by atoms with Gasteiger partial charge in [-0.25, -0.2) is 39.9 Å². The lowest BCUT2D eigenvalue weighted by Gasteiger charge is -2.27. The third-order valence-corrected chi connectivity index (χ3v) is 11.6. The second kappa shape index (κ2) is 47.8. The largest absolute Gasteiger partial charge is 0.481 e. The summed E-state index contributed by atoms with van der Waals surface area (Å²) in [5.41, 5.74) is 0. The number of methoxy groups -OCH3 is 1. The maximum Gasteiger partial charge on any atom is 0.213 e. The summed E-state index contributed by atoms with van der Waals surface area (Å²) in [6.45, 7) is 20.9. The highest BCUT2D eigenvalue weighted by molar-refractivity contribution is 5.38. The van der Waals surface area contributed by atoms with Gasteiger partial charge in [-0.1, -0.05) is 55.5 Å². The molecule has 3 saturated heterocycles. The Balaban J connectivity index is 0.000000212. The lowest BCUT2D eigenvalue weighted by molar-refractivity contribution is 0.0320. The summed E-state index contributed by atoms with van der Waals surface area (Å²) in [5, 5.41) is 8.37. The summed E-state index contributed by atoms with van der Waals surface area (Å²) in [7, 11) is 1.60. The van der Waals surface area contributed by atoms with Gasteiger partial charge in [-0.3, -0.25) is 4.90 Å². The fraction of sp³-hybridized carbons (Fsp3) is 0.394. The fourth-order valence-electron chi connectivity index (χ4n) is 7.46. The molecular formula is C66H89N11O9. The van der Waals surface area contributed by atoms with Crippen molar-refractivity contribution in [1.82, 2.24) is 44.8 Å². The third-order valence-electron chi connectivity index (χ3n) is 11.6. The average Bonchev–Trinajstić information content (AvgIpc) is 3.59. The number of morpholine rings is 2. The first-order valence-corrected chi connectivity index (χ1v) is 29.4. The van der Waals surface area contributed by atoms with E-state index in [1.54, 1.807) is 56.4 Å². The highest BCUT2D eigenvalue weighted by Crippen LogP contribution is 2.16. The number of ether oxygens (including phenoxy) is 8. The van der Waals surface area contributed by atoms with Gasteiger partial charge in [0.25, 0.3) is 0 Å². The van der Waals surface area contributed by atoms with Gasteiger partial charge in [-0.05, 0) is 107 Å². The summed E-state index contributed by atoms with van der Waals surface area (Å²) < 4.78 is 41.5. The quantitative estimate of drug-likeness (QED) is 0.0899. The number of nitrogens with zero attached hydrogens (tertiary/aromatic N) is 11. The van der Waals surface area contributed by atoms with E-state index >= 15 is 0 Å². The zero-order chi connectivity index (χ0) is 61.0. The molecule has 0 saturated carbocycles. The molecule has 3 aliphatic rings. The number of pyridine rings is 8. The van der Waals surface area contributed by atoms with Crippen molar-refractivity contribution in [2.45, 2.75) is 59.5 Å². The molecular weight excluding hydrogens is 1090 g/mol. The zero-order valence-corrected chi connectivity index (χ0v) is 50.8. The van der Waals surface area contributed by atoms with E-state index in [0.29, 0.717) is 55.1 Å². The molecule has 0 unspecified atom stereocenters. The first-order chi connectivity index (χ1) is 42.4. The predicted molar refractivity (Wildman–Crippen MR) is 338 cm³/mol. The van der Waals surface area contributed by atoms with Crippen LogP contribution in [0.5, 0.6) is 35.3 Å². The van der Waals surface area contributed by atoms with Crippen LogP contribution in [0, 0.1) is 0 Å². The molecule has 0 bridgehead atoms. The van der Waals surface area contributed by atoms with Crippen molar-refractivity contribution >= 4 is 11.6 Å². The van der Waals surface area contributed by atoms with Crippen LogP contribution in [0.25, 0.3) is 0 Å². The van der Waals surface area contributed by atoms with Crippen LogP contribution in [-0.2, 0) is 9.47 Å². The van der Waals surface area contributed by atoms with Crippen LogP contribution >= 0.6 is 0 Å². The molecule has 8 aromatic rings. The van der Waals surface area contributed by atoms with Crippen LogP contribution in [0.2, 0.25) is 0 Å². The van der Waals surface area contributed by atoms with Gasteiger partial charge in [0, 0.05) is 132 Å². The third kappa shape index (κ3) is 34.3. The predicted octanol–water partition coefficient (Wildman–Crippen LogP) is 10.5. The topological polar surface area (TPSA) is 207 Å². The number of rotatable bonds is 17. The molecule has 20 heteroatoms. The fourth-order valence-corrected chi connectivity index (χ4v) is 7.46. The van der Waals surface area contributed by atoms with Crippen molar-refractivity contribution < 1.29 is 43.0 Å². The van der Waals surface area contributed by atoms with Crippen molar-refractivity contribution in [3.05, 3.63) is 195 Å². The van der Waals surface area contributed by atoms with Gasteiger partial charge in [-0.2, -0.15) is 0 Å². The Bertz CT molecular complexity index is 2620. The first kappa shape index (κ1) is 69.9. The van der Waals surface area contributed by atoms with Crippen molar-refractivity contribution in [1.29, 1.82) is 0 Å². The molecule has 0 atom stereocenters. The SMILES string of the molecule is CC(C)Oc1ccccn1.CCCOc1ccccn1.CCOc1ccccn1.COc1ccccn1.OCCOc1ccccn1.c1ccc(N2CCCCC2)nc1.c1ccc(N2CCOCC2)nc1.c1ccc(OCCN2CCOCC2)nc1. The van der Waals surface area contributed by atoms with Crippen LogP contribution in [0.3, 0.4) is 0 Å². The average molecular weight is 1180 g/mol. The Labute approximate surface area is 509 Å². The molecule has 11 heterocycles. The van der Waals surface area contributed by atoms with E-state index in [0.717, 1.165) is 83.8 Å². The number of anilines is 2. The summed E-state index contributed by atoms with van der Waals surface area (Å²) in [6.07, 6.45) is 19.2. The number of hydrogen-bond acceptors (Lipinski definition) is 20. The Morgan fingerprint density at radius 1 is 0.419 bits per heavy atom. The lowest BCUT2D eigenvalue weighted by Crippen LogP contribution is -2.38. The zero-order valence-electron chi connectivity index (χ0n) is 50.8. The Morgan fingerprint density at radius 3 is 1.15 bits per heavy atom. The van der Waals surface area contributed by atoms with Gasteiger partial charge in [0.1, 0.15) is 24.8 Å². The minimum atomic E-state index is 0.0244. The molecule has 0 spiro atoms. The van der Waals surface area contributed by atoms with E-state index in [9.17, 15) is 0 Å². The van der Waals surface area contributed by atoms with Gasteiger partial charge in [0.2, 0.25) is 35.3 Å². The second-order valence-corrected chi connectivity index (χ2v) is 18.6. The first-order valence-electron chi connectivity index (χ1n) is 29.4. The minimum absolute atomic E-state index is 0.0244. The molecule has 8 aromatic heterocycles. The summed E-state index contributed by atoms with van der Waals surface area (Å²) in [6, 6.07) is 45.6. The monoisotopic (exact) mass is 1180 g/mol. The van der Waals surface area contributed by atoms with Gasteiger partial charge in [0.05, 0.1) is 59.5 Å². The Hall–Kier alpha value is -8.56. The number of aliphatic hydroxyl groups excluding tert-OH is 1. The van der Waals surface area contributed by atoms with Crippen LogP contribution in [0.15, 0.2) is 195 Å². The standard InChI is InChI=1S/C11H16N2O2.C10H14N2.C9H12N2O.2C8H11NO.C7H9NO2.C7H9NO.C6H7NO/c1-2-4-12-11(3-1)15-10-7-13-5-8-14-9-6-13;1-4-8-12(9-5-1)10-6-2-3-7-11-10;1-2-4-10-9(3-1)11-5-7-12-8-6-11;1-7(2)10-8-5-3-4-6-9-8;1-2-7-10-8-5-3-4-6-9-8;9-5-6-10-7-3-1-2-4-8-7;1-2-9-7-5-3-4-6-8-7;1-8-6-4-2-3-5-7-6/h1-4H,5-10H2;2-3,6-7H,1,4-5,8-9H2;1-4H,5-8H2;3-7H,1-2H3;3-6H,2,7H2,1H3;1-4,9H,5-6H2;3-6H,2H2,1H3;2-5H,1H3. The molecule has 0 radical (unpaired) electrons. The highest BCUT2D eigenvalue weighted by atomic mass is 16.5. The lowest BCUT2D eigenvalue weighted by atomic mass is 10.1. The normalized spacial score (nSPS) is 13.1. The van der Waals surface area contributed by atoms with Crippen LogP contribution in [0.4, 0.5) is 11.6 Å². The summed E-state index contributed by atoms with van der Waals surface area (Å²) >= 11 is 0. The van der Waals surface area contributed by atoms with Gasteiger partial charge >= 0.3 is 0 Å². The molecule has 0 aliphatic carbocycles. The number of hydrogen-bond donors (Lipinski definition) is 1. The van der Waals surface area contributed by atoms with E-state index in [2.05, 4.69) is 73.6 Å². The van der Waals surface area contributed by atoms with E-state index in [1.807, 2.05) is 154 Å². The molecule has 1 N–H and O–H groups in total. The Morgan fingerprint density at radius 2 is 0.791 bits per heavy atom. The smallest absolute Gasteiger partial charge is 0.213 e. The number of aromatic nitrogens is 8. The summed E-state index contributed by atoms with van der Waals surface area (Å²) in [4.78, 5) is 39.3. The maximum atomic E-state index is 8.37. The number of piperidine rings is 1. The van der Waals surface area contributed by atoms with Crippen LogP contribution in [-0.4, -0.2) is 168 Å². The molecule has 462 valence electrons. The summed E-state index contributed by atoms with van der Waals surface area (Å²) in [5.74, 6) is 6.20. The van der Waals surface area contributed by atoms with Crippen LogP contribution in [0.1, 0.15) is 53.4 Å². The van der Waals surface area contributed by atoms with Crippen molar-refractivity contribution in [2.24, 2.45) is 0 Å². The molecule has 3 aliphatic heterocycles. The Kier molecular flexibility index (Phi) is 38.8. The molecule has 86 heavy (non-hydrogen) atoms. The van der Waals surface area contributed by atoms with Crippen LogP contribution < -0.4 is 38.2 Å². The van der Waals surface area contributed by atoms with Crippen molar-refractivity contribution in [3.63, 3.8) is 0 Å². The van der Waals surface area contributed by atoms with Gasteiger partial charge in [0.15, 0.2) is 0 Å². The van der Waals surface area contributed by atoms with E-state index in [-0.39, 0.29) is 12.7 Å². The highest BCUT2D eigenvalue weighted by Gasteiger charge is 2.12. The van der Waals surface area contributed by atoms with Crippen molar-refractivity contribution in [2.75, 3.05) is 122 Å². The maximum absolute atomic E-state index is 8.37. The molecule has 20 nitrogen and oxygen atoms in total. The van der Waals surface area contributed by atoms with E-state index in [4.69, 9.17) is 43.0 Å². The second-order valence-electron chi connectivity index (χ2n) is 18.6. The molecule has 0 amide bonds. The van der Waals surface area contributed by atoms with Gasteiger partial charge in [-0.15, -0.1) is 0 Å². The van der Waals surface area contributed by atoms with Crippen molar-refractivity contribution in [3.8, 4) is 35.3 Å². The minimum Gasteiger partial charge on any atom is -0.481 e. The van der Waals surface area contributed by atoms with E-state index in [1.165, 1.54) is 32.4 Å². The molecule has 3 fully saturated rings. The molecule has 11 rings (SSSR count).